The topological polar surface area (TPSA) is 59.2 Å². The van der Waals surface area contributed by atoms with E-state index in [1.165, 1.54) is 0 Å². The normalized spacial score (nSPS) is 22.8. The Kier molecular flexibility index (Phi) is 3.66. The van der Waals surface area contributed by atoms with E-state index in [9.17, 15) is 4.79 Å². The number of hydrogen-bond acceptors (Lipinski definition) is 3. The van der Waals surface area contributed by atoms with Crippen molar-refractivity contribution in [2.45, 2.75) is 32.7 Å². The van der Waals surface area contributed by atoms with Crippen molar-refractivity contribution in [1.29, 1.82) is 0 Å². The fourth-order valence-electron chi connectivity index (χ4n) is 2.36. The van der Waals surface area contributed by atoms with Crippen LogP contribution in [0.1, 0.15) is 26.0 Å². The van der Waals surface area contributed by atoms with Gasteiger partial charge in [0, 0.05) is 31.0 Å². The van der Waals surface area contributed by atoms with Gasteiger partial charge in [0.2, 0.25) is 5.91 Å². The van der Waals surface area contributed by atoms with Crippen molar-refractivity contribution in [3.8, 4) is 0 Å². The van der Waals surface area contributed by atoms with Gasteiger partial charge < -0.3 is 10.6 Å². The monoisotopic (exact) mass is 247 g/mol. The molecule has 1 amide bonds. The van der Waals surface area contributed by atoms with E-state index in [1.807, 2.05) is 23.1 Å². The SMILES string of the molecule is CC1(C)CN(C(=O)Cc2ccccn2)CCC1N. The summed E-state index contributed by atoms with van der Waals surface area (Å²) in [6.45, 7) is 5.74. The van der Waals surface area contributed by atoms with Gasteiger partial charge in [0.05, 0.1) is 6.42 Å². The van der Waals surface area contributed by atoms with Crippen molar-refractivity contribution in [1.82, 2.24) is 9.88 Å². The predicted octanol–water partition coefficient (Wildman–Crippen LogP) is 1.21. The van der Waals surface area contributed by atoms with Gasteiger partial charge in [0.25, 0.3) is 0 Å². The molecule has 1 aliphatic heterocycles. The number of carbonyl (C=O) groups excluding carboxylic acids is 1. The largest absolute Gasteiger partial charge is 0.342 e. The number of nitrogens with zero attached hydrogens (tertiary/aromatic N) is 2. The van der Waals surface area contributed by atoms with Crippen molar-refractivity contribution in [3.63, 3.8) is 0 Å². The van der Waals surface area contributed by atoms with E-state index in [0.29, 0.717) is 6.42 Å². The average Bonchev–Trinajstić information content (AvgIpc) is 2.34. The van der Waals surface area contributed by atoms with E-state index in [0.717, 1.165) is 25.2 Å². The van der Waals surface area contributed by atoms with E-state index < -0.39 is 0 Å². The molecular formula is C14H21N3O. The molecule has 2 N–H and O–H groups in total. The third kappa shape index (κ3) is 2.88. The summed E-state index contributed by atoms with van der Waals surface area (Å²) in [4.78, 5) is 18.3. The molecule has 0 aromatic carbocycles. The van der Waals surface area contributed by atoms with Gasteiger partial charge in [-0.1, -0.05) is 19.9 Å². The molecule has 1 unspecified atom stereocenters. The summed E-state index contributed by atoms with van der Waals surface area (Å²) in [5, 5.41) is 0. The fraction of sp³-hybridized carbons (Fsp3) is 0.571. The first-order chi connectivity index (χ1) is 8.49. The summed E-state index contributed by atoms with van der Waals surface area (Å²) in [7, 11) is 0. The third-order valence-electron chi connectivity index (χ3n) is 3.72. The number of nitrogens with two attached hydrogens (primary N) is 1. The predicted molar refractivity (Wildman–Crippen MR) is 70.9 cm³/mol. The zero-order chi connectivity index (χ0) is 13.2. The highest BCUT2D eigenvalue weighted by atomic mass is 16.2. The lowest BCUT2D eigenvalue weighted by Gasteiger charge is -2.42. The van der Waals surface area contributed by atoms with Gasteiger partial charge in [0.1, 0.15) is 0 Å². The lowest BCUT2D eigenvalue weighted by atomic mass is 9.79. The molecule has 4 nitrogen and oxygen atoms in total. The van der Waals surface area contributed by atoms with Crippen LogP contribution in [0.2, 0.25) is 0 Å². The summed E-state index contributed by atoms with van der Waals surface area (Å²) in [5.41, 5.74) is 6.90. The minimum absolute atomic E-state index is 0.00196. The molecule has 0 radical (unpaired) electrons. The highest BCUT2D eigenvalue weighted by molar-refractivity contribution is 5.78. The van der Waals surface area contributed by atoms with Crippen molar-refractivity contribution in [2.24, 2.45) is 11.1 Å². The number of aromatic nitrogens is 1. The van der Waals surface area contributed by atoms with Crippen molar-refractivity contribution < 1.29 is 4.79 Å². The molecule has 98 valence electrons. The Balaban J connectivity index is 1.98. The molecule has 4 heteroatoms. The van der Waals surface area contributed by atoms with Crippen LogP contribution in [0, 0.1) is 5.41 Å². The highest BCUT2D eigenvalue weighted by Gasteiger charge is 2.35. The third-order valence-corrected chi connectivity index (χ3v) is 3.72. The van der Waals surface area contributed by atoms with Crippen LogP contribution in [-0.2, 0) is 11.2 Å². The van der Waals surface area contributed by atoms with Crippen LogP contribution in [0.3, 0.4) is 0 Å². The van der Waals surface area contributed by atoms with Crippen molar-refractivity contribution >= 4 is 5.91 Å². The highest BCUT2D eigenvalue weighted by Crippen LogP contribution is 2.27. The molecule has 2 heterocycles. The van der Waals surface area contributed by atoms with E-state index in [-0.39, 0.29) is 17.4 Å². The van der Waals surface area contributed by atoms with Gasteiger partial charge in [-0.15, -0.1) is 0 Å². The Morgan fingerprint density at radius 2 is 2.33 bits per heavy atom. The number of likely N-dealkylation sites (tertiary alicyclic amines) is 1. The molecule has 0 aliphatic carbocycles. The molecule has 1 aliphatic rings. The number of piperidine rings is 1. The molecule has 18 heavy (non-hydrogen) atoms. The van der Waals surface area contributed by atoms with Gasteiger partial charge in [-0.3, -0.25) is 9.78 Å². The van der Waals surface area contributed by atoms with Gasteiger partial charge in [-0.25, -0.2) is 0 Å². The Bertz CT molecular complexity index is 416. The maximum Gasteiger partial charge on any atom is 0.228 e. The summed E-state index contributed by atoms with van der Waals surface area (Å²) >= 11 is 0. The van der Waals surface area contributed by atoms with Crippen LogP contribution in [0.15, 0.2) is 24.4 Å². The molecule has 1 aromatic heterocycles. The minimum atomic E-state index is -0.00196. The molecule has 1 fully saturated rings. The molecule has 1 atom stereocenters. The average molecular weight is 247 g/mol. The number of hydrogen-bond donors (Lipinski definition) is 1. The maximum atomic E-state index is 12.2. The van der Waals surface area contributed by atoms with Crippen LogP contribution in [0.5, 0.6) is 0 Å². The molecule has 0 bridgehead atoms. The van der Waals surface area contributed by atoms with E-state index in [4.69, 9.17) is 5.73 Å². The number of rotatable bonds is 2. The lowest BCUT2D eigenvalue weighted by Crippen LogP contribution is -2.54. The smallest absolute Gasteiger partial charge is 0.228 e. The molecule has 1 aromatic rings. The second-order valence-electron chi connectivity index (χ2n) is 5.70. The van der Waals surface area contributed by atoms with Crippen LogP contribution in [0.25, 0.3) is 0 Å². The second-order valence-corrected chi connectivity index (χ2v) is 5.70. The van der Waals surface area contributed by atoms with E-state index in [2.05, 4.69) is 18.8 Å². The fourth-order valence-corrected chi connectivity index (χ4v) is 2.36. The van der Waals surface area contributed by atoms with Crippen molar-refractivity contribution in [3.05, 3.63) is 30.1 Å². The van der Waals surface area contributed by atoms with Crippen LogP contribution < -0.4 is 5.73 Å². The quantitative estimate of drug-likeness (QED) is 0.854. The summed E-state index contributed by atoms with van der Waals surface area (Å²) in [6.07, 6.45) is 2.98. The minimum Gasteiger partial charge on any atom is -0.342 e. The number of carbonyl (C=O) groups is 1. The number of pyridine rings is 1. The molecule has 1 saturated heterocycles. The lowest BCUT2D eigenvalue weighted by molar-refractivity contribution is -0.133. The van der Waals surface area contributed by atoms with Crippen LogP contribution >= 0.6 is 0 Å². The first kappa shape index (κ1) is 13.0. The van der Waals surface area contributed by atoms with E-state index in [1.54, 1.807) is 6.20 Å². The summed E-state index contributed by atoms with van der Waals surface area (Å²) < 4.78 is 0. The van der Waals surface area contributed by atoms with Gasteiger partial charge in [-0.05, 0) is 24.0 Å². The summed E-state index contributed by atoms with van der Waals surface area (Å²) in [6, 6.07) is 5.83. The standard InChI is InChI=1S/C14H21N3O/c1-14(2)10-17(8-6-12(14)15)13(18)9-11-5-3-4-7-16-11/h3-5,7,12H,6,8-10,15H2,1-2H3. The summed E-state index contributed by atoms with van der Waals surface area (Å²) in [5.74, 6) is 0.147. The van der Waals surface area contributed by atoms with Crippen LogP contribution in [0.4, 0.5) is 0 Å². The zero-order valence-electron chi connectivity index (χ0n) is 11.1. The van der Waals surface area contributed by atoms with Gasteiger partial charge in [-0.2, -0.15) is 0 Å². The Hall–Kier alpha value is -1.42. The molecule has 0 spiro atoms. The van der Waals surface area contributed by atoms with E-state index >= 15 is 0 Å². The first-order valence-corrected chi connectivity index (χ1v) is 6.42. The maximum absolute atomic E-state index is 12.2. The molecule has 2 rings (SSSR count). The zero-order valence-corrected chi connectivity index (χ0v) is 11.1. The first-order valence-electron chi connectivity index (χ1n) is 6.42. The second kappa shape index (κ2) is 5.06. The molecular weight excluding hydrogens is 226 g/mol. The Morgan fingerprint density at radius 1 is 1.56 bits per heavy atom. The van der Waals surface area contributed by atoms with Crippen molar-refractivity contribution in [2.75, 3.05) is 13.1 Å². The van der Waals surface area contributed by atoms with Gasteiger partial charge >= 0.3 is 0 Å². The molecule has 0 saturated carbocycles. The van der Waals surface area contributed by atoms with Gasteiger partial charge in [0.15, 0.2) is 0 Å². The Morgan fingerprint density at radius 3 is 2.94 bits per heavy atom. The Labute approximate surface area is 108 Å². The number of amides is 1. The van der Waals surface area contributed by atoms with Crippen LogP contribution in [-0.4, -0.2) is 34.9 Å².